The Balaban J connectivity index is 1.75. The fraction of sp³-hybridized carbons (Fsp3) is 0.111. The van der Waals surface area contributed by atoms with Crippen LogP contribution in [0.3, 0.4) is 0 Å². The molecule has 27 heavy (non-hydrogen) atoms. The van der Waals surface area contributed by atoms with Gasteiger partial charge >= 0.3 is 176 Å². The normalized spacial score (nSPS) is 11.6. The predicted molar refractivity (Wildman–Crippen MR) is 118 cm³/mol. The number of benzene rings is 2. The molecule has 9 heteroatoms. The minimum atomic E-state index is 0.432. The average molecular weight is 440 g/mol. The van der Waals surface area contributed by atoms with Crippen molar-refractivity contribution in [1.82, 2.24) is 10.9 Å². The first-order valence-corrected chi connectivity index (χ1v) is 9.90. The molecule has 0 amide bonds. The number of thiocarbonyl (C=S) groups is 2. The second-order valence-corrected chi connectivity index (χ2v) is 7.83. The van der Waals surface area contributed by atoms with Crippen LogP contribution in [0, 0.1) is 0 Å². The molecule has 0 radical (unpaired) electrons. The van der Waals surface area contributed by atoms with Gasteiger partial charge in [0.05, 0.1) is 0 Å². The molecule has 0 unspecified atom stereocenters. The van der Waals surface area contributed by atoms with Crippen LogP contribution in [0.5, 0.6) is 0 Å². The van der Waals surface area contributed by atoms with E-state index in [-0.39, 0.29) is 0 Å². The van der Waals surface area contributed by atoms with E-state index in [1.54, 1.807) is 0 Å². The van der Waals surface area contributed by atoms with Gasteiger partial charge < -0.3 is 0 Å². The third-order valence-corrected chi connectivity index (χ3v) is 4.37. The number of hydrogen-bond donors (Lipinski definition) is 4. The van der Waals surface area contributed by atoms with Crippen LogP contribution in [0.1, 0.15) is 13.8 Å². The molecule has 6 nitrogen and oxygen atoms in total. The van der Waals surface area contributed by atoms with Crippen molar-refractivity contribution in [2.24, 2.45) is 10.2 Å². The number of rotatable bonds is 6. The Morgan fingerprint density at radius 1 is 0.704 bits per heavy atom. The Kier molecular flexibility index (Phi) is 8.86. The molecular weight excluding hydrogens is 420 g/mol. The van der Waals surface area contributed by atoms with Crippen molar-refractivity contribution in [3.63, 3.8) is 0 Å². The molecule has 4 N–H and O–H groups in total. The molecule has 0 bridgehead atoms. The van der Waals surface area contributed by atoms with Gasteiger partial charge in [0, 0.05) is 0 Å². The summed E-state index contributed by atoms with van der Waals surface area (Å²) in [7, 11) is 0. The van der Waals surface area contributed by atoms with Crippen molar-refractivity contribution in [1.29, 1.82) is 0 Å². The molecule has 142 valence electrons. The number of hydrazone groups is 2. The summed E-state index contributed by atoms with van der Waals surface area (Å²) in [6.07, 6.45) is 0. The molecule has 0 aromatic heterocycles. The first-order valence-electron chi connectivity index (χ1n) is 7.98. The topological polar surface area (TPSA) is 72.8 Å². The van der Waals surface area contributed by atoms with Gasteiger partial charge in [0.15, 0.2) is 0 Å². The summed E-state index contributed by atoms with van der Waals surface area (Å²) in [5.41, 5.74) is 7.47. The molecule has 2 rings (SSSR count). The zero-order valence-corrected chi connectivity index (χ0v) is 17.6. The SMILES string of the molecule is C/[C](=N\NC(=S)Nc1ccccc1)[Fe]/[C](C)=N/NC(=S)Nc1ccccc1. The zero-order valence-electron chi connectivity index (χ0n) is 14.8. The number of nitrogens with one attached hydrogen (secondary N) is 4. The van der Waals surface area contributed by atoms with Crippen LogP contribution in [-0.2, 0) is 15.0 Å². The van der Waals surface area contributed by atoms with Crippen LogP contribution in [-0.4, -0.2) is 19.4 Å². The van der Waals surface area contributed by atoms with E-state index in [4.69, 9.17) is 24.4 Å². The Morgan fingerprint density at radius 3 is 1.44 bits per heavy atom. The van der Waals surface area contributed by atoms with Gasteiger partial charge in [-0.25, -0.2) is 0 Å². The number of hydrogen-bond acceptors (Lipinski definition) is 4. The second kappa shape index (κ2) is 11.4. The van der Waals surface area contributed by atoms with Gasteiger partial charge in [0.25, 0.3) is 0 Å². The molecule has 0 saturated carbocycles. The Labute approximate surface area is 176 Å². The summed E-state index contributed by atoms with van der Waals surface area (Å²) in [5, 5.41) is 15.5. The van der Waals surface area contributed by atoms with Crippen molar-refractivity contribution in [2.75, 3.05) is 10.6 Å². The molecule has 0 heterocycles. The second-order valence-electron chi connectivity index (χ2n) is 5.13. The first kappa shape index (κ1) is 21.0. The quantitative estimate of drug-likeness (QED) is 0.238. The standard InChI is InChI=1S/2C9H10N3S.Fe/c2*1-2-10-12-9(13)11-8-6-4-3-5-7-8;/h2*3-7H,1H3,(H2,11,12,13);. The molecule has 0 aliphatic rings. The number of anilines is 2. The summed E-state index contributed by atoms with van der Waals surface area (Å²) in [6.45, 7) is 3.80. The minimum absolute atomic E-state index is 0.432. The zero-order chi connectivity index (χ0) is 19.5. The Bertz CT molecular complexity index is 755. The monoisotopic (exact) mass is 440 g/mol. The van der Waals surface area contributed by atoms with E-state index in [1.165, 1.54) is 0 Å². The molecule has 0 aliphatic heterocycles. The fourth-order valence-corrected chi connectivity index (χ4v) is 2.99. The first-order chi connectivity index (χ1) is 13.0. The van der Waals surface area contributed by atoms with Crippen LogP contribution in [0.4, 0.5) is 11.4 Å². The van der Waals surface area contributed by atoms with Gasteiger partial charge in [0.1, 0.15) is 0 Å². The van der Waals surface area contributed by atoms with Crippen molar-refractivity contribution in [3.8, 4) is 0 Å². The Hall–Kier alpha value is -2.32. The molecule has 0 atom stereocenters. The van der Waals surface area contributed by atoms with Crippen LogP contribution in [0.2, 0.25) is 0 Å². The van der Waals surface area contributed by atoms with Gasteiger partial charge in [-0.05, 0) is 0 Å². The van der Waals surface area contributed by atoms with Crippen molar-refractivity contribution in [3.05, 3.63) is 60.7 Å². The van der Waals surface area contributed by atoms with E-state index in [0.29, 0.717) is 25.2 Å². The average Bonchev–Trinajstić information content (AvgIpc) is 2.66. The third-order valence-electron chi connectivity index (χ3n) is 2.94. The summed E-state index contributed by atoms with van der Waals surface area (Å²) in [4.78, 5) is 0. The van der Waals surface area contributed by atoms with E-state index < -0.39 is 0 Å². The molecule has 0 aliphatic carbocycles. The van der Waals surface area contributed by atoms with Crippen molar-refractivity contribution < 1.29 is 15.0 Å². The van der Waals surface area contributed by atoms with Gasteiger partial charge in [-0.2, -0.15) is 0 Å². The maximum atomic E-state index is 5.22. The molecular formula is C18H20FeN6S2. The summed E-state index contributed by atoms with van der Waals surface area (Å²) in [5.74, 6) is 0. The molecule has 0 spiro atoms. The fourth-order valence-electron chi connectivity index (χ4n) is 1.84. The van der Waals surface area contributed by atoms with Gasteiger partial charge in [-0.15, -0.1) is 0 Å². The number of nitrogens with zero attached hydrogens (tertiary/aromatic N) is 2. The van der Waals surface area contributed by atoms with Crippen LogP contribution in [0.15, 0.2) is 70.9 Å². The molecule has 2 aromatic carbocycles. The maximum absolute atomic E-state index is 5.22. The molecule has 0 fully saturated rings. The third kappa shape index (κ3) is 8.74. The summed E-state index contributed by atoms with van der Waals surface area (Å²) in [6, 6.07) is 19.3. The van der Waals surface area contributed by atoms with Gasteiger partial charge in [-0.3, -0.25) is 0 Å². The van der Waals surface area contributed by atoms with E-state index >= 15 is 0 Å². The van der Waals surface area contributed by atoms with E-state index in [2.05, 4.69) is 31.7 Å². The van der Waals surface area contributed by atoms with Crippen LogP contribution < -0.4 is 21.5 Å². The molecule has 2 aromatic rings. The van der Waals surface area contributed by atoms with Crippen molar-refractivity contribution >= 4 is 55.3 Å². The summed E-state index contributed by atoms with van der Waals surface area (Å²) < 4.78 is 1.69. The Morgan fingerprint density at radius 2 is 1.07 bits per heavy atom. The van der Waals surface area contributed by atoms with Gasteiger partial charge in [0.2, 0.25) is 0 Å². The predicted octanol–water partition coefficient (Wildman–Crippen LogP) is 3.71. The van der Waals surface area contributed by atoms with Crippen molar-refractivity contribution in [2.45, 2.75) is 13.8 Å². The van der Waals surface area contributed by atoms with E-state index in [1.807, 2.05) is 74.5 Å². The number of para-hydroxylation sites is 2. The van der Waals surface area contributed by atoms with E-state index in [0.717, 1.165) is 20.6 Å². The molecule has 0 saturated heterocycles. The van der Waals surface area contributed by atoms with Gasteiger partial charge in [-0.1, -0.05) is 0 Å². The van der Waals surface area contributed by atoms with Crippen LogP contribution >= 0.6 is 24.4 Å². The summed E-state index contributed by atoms with van der Waals surface area (Å²) >= 11 is 11.0. The van der Waals surface area contributed by atoms with E-state index in [9.17, 15) is 0 Å². The van der Waals surface area contributed by atoms with Crippen LogP contribution in [0.25, 0.3) is 0 Å².